The maximum atomic E-state index is 12.3. The molecule has 0 aromatic heterocycles. The molecule has 4 heterocycles. The van der Waals surface area contributed by atoms with Gasteiger partial charge in [-0.05, 0) is 57.3 Å². The fourth-order valence-electron chi connectivity index (χ4n) is 10.5. The van der Waals surface area contributed by atoms with Crippen LogP contribution in [0.25, 0.3) is 0 Å². The summed E-state index contributed by atoms with van der Waals surface area (Å²) in [5.41, 5.74) is -0.730. The molecule has 5 aliphatic carbocycles. The highest BCUT2D eigenvalue weighted by Gasteiger charge is 2.83. The number of fused-ring (bicyclic) bond motifs is 4. The Kier molecular flexibility index (Phi) is 3.42. The van der Waals surface area contributed by atoms with Gasteiger partial charge in [0.05, 0.1) is 12.2 Å². The van der Waals surface area contributed by atoms with E-state index in [4.69, 9.17) is 14.2 Å². The fourth-order valence-corrected chi connectivity index (χ4v) is 10.5. The summed E-state index contributed by atoms with van der Waals surface area (Å²) >= 11 is 0. The lowest BCUT2D eigenvalue weighted by Gasteiger charge is -2.81. The van der Waals surface area contributed by atoms with Crippen molar-refractivity contribution >= 4 is 5.97 Å². The fraction of sp³-hybridized carbons (Fsp3) is 0.958. The van der Waals surface area contributed by atoms with Crippen LogP contribution in [0.3, 0.4) is 0 Å². The van der Waals surface area contributed by atoms with Crippen molar-refractivity contribution in [3.05, 3.63) is 0 Å². The maximum absolute atomic E-state index is 12.3. The summed E-state index contributed by atoms with van der Waals surface area (Å²) in [6.45, 7) is 7.68. The Morgan fingerprint density at radius 1 is 1.20 bits per heavy atom. The Morgan fingerprint density at radius 3 is 2.80 bits per heavy atom. The Hall–Kier alpha value is -0.690. The lowest BCUT2D eigenvalue weighted by atomic mass is 9.31. The van der Waals surface area contributed by atoms with Gasteiger partial charge in [0.2, 0.25) is 0 Å². The average Bonchev–Trinajstić information content (AvgIpc) is 3.16. The first-order valence-electron chi connectivity index (χ1n) is 12.2. The van der Waals surface area contributed by atoms with Gasteiger partial charge in [-0.1, -0.05) is 13.3 Å². The molecule has 9 fully saturated rings. The minimum atomic E-state index is -0.640. The van der Waals surface area contributed by atoms with E-state index in [0.717, 1.165) is 51.7 Å². The first kappa shape index (κ1) is 18.8. The van der Waals surface area contributed by atoms with Gasteiger partial charge in [-0.15, -0.1) is 0 Å². The number of esters is 1. The molecule has 2 spiro atoms. The van der Waals surface area contributed by atoms with Crippen molar-refractivity contribution in [1.82, 2.24) is 4.90 Å². The zero-order valence-electron chi connectivity index (χ0n) is 18.4. The summed E-state index contributed by atoms with van der Waals surface area (Å²) in [7, 11) is 0. The summed E-state index contributed by atoms with van der Waals surface area (Å²) in [6, 6.07) is 0. The Labute approximate surface area is 178 Å². The second-order valence-corrected chi connectivity index (χ2v) is 12.2. The van der Waals surface area contributed by atoms with Gasteiger partial charge in [-0.2, -0.15) is 0 Å². The van der Waals surface area contributed by atoms with Gasteiger partial charge in [0, 0.05) is 35.6 Å². The molecule has 0 amide bonds. The van der Waals surface area contributed by atoms with Crippen molar-refractivity contribution in [1.29, 1.82) is 0 Å². The van der Waals surface area contributed by atoms with Gasteiger partial charge in [0.15, 0.2) is 0 Å². The molecule has 0 aromatic rings. The van der Waals surface area contributed by atoms with E-state index in [2.05, 4.69) is 11.8 Å². The van der Waals surface area contributed by atoms with E-state index >= 15 is 0 Å². The highest BCUT2D eigenvalue weighted by molar-refractivity contribution is 5.66. The minimum Gasteiger partial charge on any atom is -0.459 e. The number of carbonyl (C=O) groups is 1. The predicted molar refractivity (Wildman–Crippen MR) is 107 cm³/mol. The molecule has 7 bridgehead atoms. The van der Waals surface area contributed by atoms with Gasteiger partial charge >= 0.3 is 5.97 Å². The van der Waals surface area contributed by atoms with E-state index in [1.54, 1.807) is 6.92 Å². The SMILES string of the molecule is CC(=O)O[C@@H]1[C@H]2O[C@H]3N4CCO[C@H]4[C@]4(C)CCC[C@]3([C@H]14)[C@@H]1C[C@@H]3CC[C@]21C[C@]3(C)O. The van der Waals surface area contributed by atoms with E-state index in [1.165, 1.54) is 6.42 Å². The summed E-state index contributed by atoms with van der Waals surface area (Å²) in [5.74, 6) is 1.01. The lowest BCUT2D eigenvalue weighted by molar-refractivity contribution is -0.447. The topological polar surface area (TPSA) is 68.2 Å². The minimum absolute atomic E-state index is 0.00123. The van der Waals surface area contributed by atoms with Crippen LogP contribution in [0.1, 0.15) is 65.7 Å². The van der Waals surface area contributed by atoms with Crippen LogP contribution in [-0.2, 0) is 19.0 Å². The van der Waals surface area contributed by atoms with Crippen molar-refractivity contribution in [3.8, 4) is 0 Å². The third-order valence-corrected chi connectivity index (χ3v) is 11.0. The van der Waals surface area contributed by atoms with Crippen molar-refractivity contribution in [2.45, 2.75) is 96.0 Å². The number of hydrogen-bond donors (Lipinski definition) is 1. The molecule has 166 valence electrons. The van der Waals surface area contributed by atoms with Gasteiger partial charge in [0.1, 0.15) is 24.7 Å². The van der Waals surface area contributed by atoms with E-state index in [1.807, 2.05) is 6.92 Å². The zero-order valence-corrected chi connectivity index (χ0v) is 18.4. The molecule has 6 heteroatoms. The number of nitrogens with zero attached hydrogens (tertiary/aromatic N) is 1. The number of hydrogen-bond acceptors (Lipinski definition) is 6. The molecule has 4 saturated heterocycles. The third-order valence-electron chi connectivity index (χ3n) is 11.0. The van der Waals surface area contributed by atoms with Crippen LogP contribution < -0.4 is 0 Å². The van der Waals surface area contributed by atoms with Gasteiger partial charge in [-0.3, -0.25) is 4.79 Å². The molecule has 0 unspecified atom stereocenters. The van der Waals surface area contributed by atoms with Crippen LogP contribution >= 0.6 is 0 Å². The van der Waals surface area contributed by atoms with E-state index in [0.29, 0.717) is 11.8 Å². The quantitative estimate of drug-likeness (QED) is 0.662. The van der Waals surface area contributed by atoms with Gasteiger partial charge < -0.3 is 19.3 Å². The molecule has 4 aliphatic heterocycles. The first-order chi connectivity index (χ1) is 14.2. The van der Waals surface area contributed by atoms with E-state index in [-0.39, 0.29) is 52.8 Å². The molecular formula is C24H35NO5. The lowest BCUT2D eigenvalue weighted by Crippen LogP contribution is -2.86. The Bertz CT molecular complexity index is 815. The number of aliphatic hydroxyl groups is 1. The van der Waals surface area contributed by atoms with Crippen molar-refractivity contribution < 1.29 is 24.1 Å². The monoisotopic (exact) mass is 417 g/mol. The molecule has 1 N–H and O–H groups in total. The largest absolute Gasteiger partial charge is 0.459 e. The summed E-state index contributed by atoms with van der Waals surface area (Å²) in [6.07, 6.45) is 7.30. The van der Waals surface area contributed by atoms with Crippen molar-refractivity contribution in [3.63, 3.8) is 0 Å². The molecule has 6 nitrogen and oxygen atoms in total. The predicted octanol–water partition coefficient (Wildman–Crippen LogP) is 2.68. The van der Waals surface area contributed by atoms with Gasteiger partial charge in [-0.25, -0.2) is 4.90 Å². The molecule has 11 atom stereocenters. The second kappa shape index (κ2) is 5.44. The molecule has 0 aromatic carbocycles. The first-order valence-corrected chi connectivity index (χ1v) is 12.2. The van der Waals surface area contributed by atoms with E-state index in [9.17, 15) is 9.90 Å². The summed E-state index contributed by atoms with van der Waals surface area (Å²) < 4.78 is 19.6. The van der Waals surface area contributed by atoms with Crippen LogP contribution in [0.2, 0.25) is 0 Å². The zero-order chi connectivity index (χ0) is 20.7. The van der Waals surface area contributed by atoms with Crippen molar-refractivity contribution in [2.75, 3.05) is 13.2 Å². The van der Waals surface area contributed by atoms with Crippen LogP contribution in [0, 0.1) is 34.0 Å². The van der Waals surface area contributed by atoms with Crippen molar-refractivity contribution in [2.24, 2.45) is 34.0 Å². The average molecular weight is 418 g/mol. The standard InChI is InChI=1S/C24H35NO5/c1-13(26)29-16-17-21(2)6-4-7-24(17)15-11-14-5-8-23(15,12-22(14,3)27)18(16)30-20(24)25-9-10-28-19(21)25/h14-20,27H,4-12H2,1-3H3/t14-,15+,16-,17+,18+,19-,20+,21+,22-,23+,24+/m0/s1. The van der Waals surface area contributed by atoms with Crippen LogP contribution in [-0.4, -0.2) is 59.4 Å². The van der Waals surface area contributed by atoms with Crippen LogP contribution in [0.5, 0.6) is 0 Å². The third kappa shape index (κ3) is 1.84. The second-order valence-electron chi connectivity index (χ2n) is 12.2. The molecule has 30 heavy (non-hydrogen) atoms. The van der Waals surface area contributed by atoms with E-state index < -0.39 is 5.60 Å². The van der Waals surface area contributed by atoms with Gasteiger partial charge in [0.25, 0.3) is 0 Å². The smallest absolute Gasteiger partial charge is 0.303 e. The normalized spacial score (nSPS) is 62.7. The molecule has 9 rings (SSSR count). The Balaban J connectivity index is 1.46. The number of ether oxygens (including phenoxy) is 3. The number of rotatable bonds is 1. The molecule has 9 aliphatic rings. The summed E-state index contributed by atoms with van der Waals surface area (Å²) in [5, 5.41) is 11.3. The highest BCUT2D eigenvalue weighted by atomic mass is 16.6. The highest BCUT2D eigenvalue weighted by Crippen LogP contribution is 2.80. The summed E-state index contributed by atoms with van der Waals surface area (Å²) in [4.78, 5) is 14.8. The number of piperidine rings is 1. The van der Waals surface area contributed by atoms with Crippen LogP contribution in [0.15, 0.2) is 0 Å². The maximum Gasteiger partial charge on any atom is 0.303 e. The molecular weight excluding hydrogens is 382 g/mol. The number of carbonyl (C=O) groups excluding carboxylic acids is 1. The molecule has 5 saturated carbocycles. The Morgan fingerprint density at radius 2 is 2.03 bits per heavy atom. The van der Waals surface area contributed by atoms with Crippen LogP contribution in [0.4, 0.5) is 0 Å². The molecule has 0 radical (unpaired) electrons.